The average Bonchev–Trinajstić information content (AvgIpc) is 2.54. The van der Waals surface area contributed by atoms with Gasteiger partial charge in [-0.05, 0) is 25.0 Å². The van der Waals surface area contributed by atoms with Gasteiger partial charge in [0.2, 0.25) is 5.91 Å². The van der Waals surface area contributed by atoms with Crippen molar-refractivity contribution in [3.63, 3.8) is 0 Å². The summed E-state index contributed by atoms with van der Waals surface area (Å²) in [5.74, 6) is 1.94. The van der Waals surface area contributed by atoms with Gasteiger partial charge in [0.1, 0.15) is 18.9 Å². The molecule has 1 amide bonds. The van der Waals surface area contributed by atoms with E-state index in [1.807, 2.05) is 31.2 Å². The van der Waals surface area contributed by atoms with E-state index >= 15 is 0 Å². The largest absolute Gasteiger partial charge is 0.492 e. The highest BCUT2D eigenvalue weighted by molar-refractivity contribution is 5.84. The van der Waals surface area contributed by atoms with Gasteiger partial charge in [0.15, 0.2) is 5.96 Å². The van der Waals surface area contributed by atoms with Gasteiger partial charge in [0, 0.05) is 20.6 Å². The number of rotatable bonds is 8. The molecule has 0 heterocycles. The topological polar surface area (TPSA) is 66.0 Å². The number of carbonyl (C=O) groups excluding carboxylic acids is 1. The van der Waals surface area contributed by atoms with Gasteiger partial charge in [-0.1, -0.05) is 31.5 Å². The summed E-state index contributed by atoms with van der Waals surface area (Å²) in [5.41, 5.74) is 1.21. The van der Waals surface area contributed by atoms with Crippen molar-refractivity contribution in [2.75, 3.05) is 40.3 Å². The lowest BCUT2D eigenvalue weighted by molar-refractivity contribution is -0.127. The van der Waals surface area contributed by atoms with Crippen LogP contribution in [-0.4, -0.2) is 57.1 Å². The highest BCUT2D eigenvalue weighted by Gasteiger charge is 2.05. The number of hydrogen-bond acceptors (Lipinski definition) is 3. The fraction of sp³-hybridized carbons (Fsp3) is 0.556. The zero-order valence-corrected chi connectivity index (χ0v) is 15.4. The molecule has 6 nitrogen and oxygen atoms in total. The van der Waals surface area contributed by atoms with Crippen molar-refractivity contribution in [1.29, 1.82) is 0 Å². The van der Waals surface area contributed by atoms with Crippen molar-refractivity contribution in [1.82, 2.24) is 15.5 Å². The lowest BCUT2D eigenvalue weighted by atomic mass is 10.2. The number of aryl methyl sites for hydroxylation is 1. The minimum atomic E-state index is -0.0310. The van der Waals surface area contributed by atoms with Crippen LogP contribution in [-0.2, 0) is 4.79 Å². The molecule has 0 saturated heterocycles. The first-order valence-corrected chi connectivity index (χ1v) is 8.30. The lowest BCUT2D eigenvalue weighted by Crippen LogP contribution is -2.41. The summed E-state index contributed by atoms with van der Waals surface area (Å²) in [7, 11) is 3.45. The Kier molecular flexibility index (Phi) is 8.68. The average molecular weight is 334 g/mol. The smallest absolute Gasteiger partial charge is 0.243 e. The predicted molar refractivity (Wildman–Crippen MR) is 98.5 cm³/mol. The van der Waals surface area contributed by atoms with Crippen LogP contribution in [0, 0.1) is 12.8 Å². The molecule has 0 aliphatic rings. The predicted octanol–water partition coefficient (Wildman–Crippen LogP) is 1.65. The number of carbonyl (C=O) groups is 1. The Morgan fingerprint density at radius 1 is 1.21 bits per heavy atom. The van der Waals surface area contributed by atoms with E-state index in [0.717, 1.165) is 12.3 Å². The molecule has 0 atom stereocenters. The van der Waals surface area contributed by atoms with Crippen molar-refractivity contribution < 1.29 is 9.53 Å². The molecule has 134 valence electrons. The van der Waals surface area contributed by atoms with E-state index in [0.29, 0.717) is 25.0 Å². The second kappa shape index (κ2) is 10.5. The van der Waals surface area contributed by atoms with E-state index in [9.17, 15) is 4.79 Å². The maximum absolute atomic E-state index is 11.7. The number of nitrogens with zero attached hydrogens (tertiary/aromatic N) is 2. The van der Waals surface area contributed by atoms with Crippen LogP contribution in [0.15, 0.2) is 29.3 Å². The first kappa shape index (κ1) is 19.8. The molecule has 6 heteroatoms. The maximum Gasteiger partial charge on any atom is 0.243 e. The number of aliphatic imine (C=N–C) groups is 1. The standard InChI is InChI=1S/C18H30N4O2/c1-14(2)12-20-18(21-13-17(23)22(4)5)19-10-11-24-16-8-6-15(3)7-9-16/h6-9,14H,10-13H2,1-5H3,(H2,19,20,21). The molecule has 0 radical (unpaired) electrons. The summed E-state index contributed by atoms with van der Waals surface area (Å²) in [6, 6.07) is 7.95. The van der Waals surface area contributed by atoms with Crippen LogP contribution in [0.25, 0.3) is 0 Å². The van der Waals surface area contributed by atoms with Crippen LogP contribution in [0.4, 0.5) is 0 Å². The van der Waals surface area contributed by atoms with E-state index in [-0.39, 0.29) is 12.5 Å². The summed E-state index contributed by atoms with van der Waals surface area (Å²) in [6.07, 6.45) is 0. The summed E-state index contributed by atoms with van der Waals surface area (Å²) in [5, 5.41) is 6.43. The minimum Gasteiger partial charge on any atom is -0.492 e. The molecule has 1 rings (SSSR count). The van der Waals surface area contributed by atoms with Gasteiger partial charge < -0.3 is 20.3 Å². The van der Waals surface area contributed by atoms with Gasteiger partial charge in [0.05, 0.1) is 6.54 Å². The Morgan fingerprint density at radius 2 is 1.88 bits per heavy atom. The molecule has 1 aromatic carbocycles. The highest BCUT2D eigenvalue weighted by atomic mass is 16.5. The third-order valence-electron chi connectivity index (χ3n) is 3.23. The summed E-state index contributed by atoms with van der Waals surface area (Å²) >= 11 is 0. The normalized spacial score (nSPS) is 11.3. The third kappa shape index (κ3) is 8.41. The van der Waals surface area contributed by atoms with E-state index < -0.39 is 0 Å². The Labute approximate surface area is 145 Å². The van der Waals surface area contributed by atoms with Crippen LogP contribution >= 0.6 is 0 Å². The van der Waals surface area contributed by atoms with E-state index in [1.165, 1.54) is 10.5 Å². The number of amides is 1. The van der Waals surface area contributed by atoms with Crippen LogP contribution in [0.3, 0.4) is 0 Å². The third-order valence-corrected chi connectivity index (χ3v) is 3.23. The number of benzene rings is 1. The number of hydrogen-bond donors (Lipinski definition) is 2. The molecule has 0 bridgehead atoms. The van der Waals surface area contributed by atoms with Crippen LogP contribution in [0.2, 0.25) is 0 Å². The van der Waals surface area contributed by atoms with Crippen LogP contribution < -0.4 is 15.4 Å². The zero-order chi connectivity index (χ0) is 17.9. The number of ether oxygens (including phenoxy) is 1. The van der Waals surface area contributed by atoms with Gasteiger partial charge in [-0.2, -0.15) is 0 Å². The Hall–Kier alpha value is -2.24. The molecule has 2 N–H and O–H groups in total. The monoisotopic (exact) mass is 334 g/mol. The Morgan fingerprint density at radius 3 is 2.46 bits per heavy atom. The van der Waals surface area contributed by atoms with Gasteiger partial charge in [-0.15, -0.1) is 0 Å². The molecule has 0 spiro atoms. The van der Waals surface area contributed by atoms with E-state index in [4.69, 9.17) is 4.74 Å². The Balaban J connectivity index is 2.43. The van der Waals surface area contributed by atoms with E-state index in [1.54, 1.807) is 14.1 Å². The highest BCUT2D eigenvalue weighted by Crippen LogP contribution is 2.10. The lowest BCUT2D eigenvalue weighted by Gasteiger charge is -2.15. The van der Waals surface area contributed by atoms with Crippen LogP contribution in [0.1, 0.15) is 19.4 Å². The Bertz CT molecular complexity index is 524. The number of guanidine groups is 1. The zero-order valence-electron chi connectivity index (χ0n) is 15.4. The SMILES string of the molecule is Cc1ccc(OCCNC(=NCC(=O)N(C)C)NCC(C)C)cc1. The molecule has 0 aliphatic carbocycles. The van der Waals surface area contributed by atoms with Crippen LogP contribution in [0.5, 0.6) is 5.75 Å². The summed E-state index contributed by atoms with van der Waals surface area (Å²) in [4.78, 5) is 17.5. The number of nitrogens with one attached hydrogen (secondary N) is 2. The van der Waals surface area contributed by atoms with Crippen molar-refractivity contribution in [3.05, 3.63) is 29.8 Å². The van der Waals surface area contributed by atoms with E-state index in [2.05, 4.69) is 29.5 Å². The first-order valence-electron chi connectivity index (χ1n) is 8.30. The maximum atomic E-state index is 11.7. The van der Waals surface area contributed by atoms with Crippen molar-refractivity contribution >= 4 is 11.9 Å². The molecule has 1 aromatic rings. The van der Waals surface area contributed by atoms with Gasteiger partial charge in [-0.3, -0.25) is 4.79 Å². The molecule has 0 aromatic heterocycles. The molecule has 24 heavy (non-hydrogen) atoms. The first-order chi connectivity index (χ1) is 11.4. The fourth-order valence-corrected chi connectivity index (χ4v) is 1.74. The molecule has 0 fully saturated rings. The second-order valence-corrected chi connectivity index (χ2v) is 6.32. The molecular formula is C18H30N4O2. The summed E-state index contributed by atoms with van der Waals surface area (Å²) in [6.45, 7) is 8.33. The van der Waals surface area contributed by atoms with Crippen molar-refractivity contribution in [3.8, 4) is 5.75 Å². The molecule has 0 aliphatic heterocycles. The quantitative estimate of drug-likeness (QED) is 0.431. The van der Waals surface area contributed by atoms with Gasteiger partial charge >= 0.3 is 0 Å². The number of likely N-dealkylation sites (N-methyl/N-ethyl adjacent to an activating group) is 1. The van der Waals surface area contributed by atoms with Crippen molar-refractivity contribution in [2.24, 2.45) is 10.9 Å². The minimum absolute atomic E-state index is 0.0310. The molecule has 0 unspecified atom stereocenters. The fourth-order valence-electron chi connectivity index (χ4n) is 1.74. The van der Waals surface area contributed by atoms with Gasteiger partial charge in [0.25, 0.3) is 0 Å². The van der Waals surface area contributed by atoms with Crippen molar-refractivity contribution in [2.45, 2.75) is 20.8 Å². The summed E-state index contributed by atoms with van der Waals surface area (Å²) < 4.78 is 5.68. The molecular weight excluding hydrogens is 304 g/mol. The second-order valence-electron chi connectivity index (χ2n) is 6.32. The molecule has 0 saturated carbocycles. The van der Waals surface area contributed by atoms with Gasteiger partial charge in [-0.25, -0.2) is 4.99 Å².